The van der Waals surface area contributed by atoms with Crippen molar-refractivity contribution in [2.24, 2.45) is 5.73 Å². The number of ether oxygens (including phenoxy) is 2. The van der Waals surface area contributed by atoms with Crippen LogP contribution in [0.4, 0.5) is 0 Å². The van der Waals surface area contributed by atoms with Gasteiger partial charge in [0.25, 0.3) is 0 Å². The smallest absolute Gasteiger partial charge is 0.326 e. The van der Waals surface area contributed by atoms with Crippen LogP contribution in [-0.4, -0.2) is 30.3 Å². The summed E-state index contributed by atoms with van der Waals surface area (Å²) in [4.78, 5) is 11.6. The lowest BCUT2D eigenvalue weighted by molar-refractivity contribution is -0.156. The van der Waals surface area contributed by atoms with Crippen molar-refractivity contribution in [1.29, 1.82) is 0 Å². The molecule has 2 heterocycles. The molecule has 0 aliphatic carbocycles. The molecule has 2 N–H and O–H groups in total. The van der Waals surface area contributed by atoms with Gasteiger partial charge in [-0.05, 0) is 19.8 Å². The molecule has 2 atom stereocenters. The Morgan fingerprint density at radius 1 is 1.50 bits per heavy atom. The van der Waals surface area contributed by atoms with Crippen LogP contribution in [0.25, 0.3) is 0 Å². The van der Waals surface area contributed by atoms with Gasteiger partial charge in [-0.15, -0.1) is 0 Å². The summed E-state index contributed by atoms with van der Waals surface area (Å²) in [5.74, 6) is -0.264. The number of esters is 1. The summed E-state index contributed by atoms with van der Waals surface area (Å²) >= 11 is 0. The maximum atomic E-state index is 11.6. The third-order valence-corrected chi connectivity index (χ3v) is 3.06. The summed E-state index contributed by atoms with van der Waals surface area (Å²) in [6, 6.07) is 0. The maximum absolute atomic E-state index is 11.6. The van der Waals surface area contributed by atoms with E-state index in [1.165, 1.54) is 0 Å². The molecule has 2 saturated heterocycles. The van der Waals surface area contributed by atoms with Gasteiger partial charge in [-0.25, -0.2) is 0 Å². The number of hydrogen-bond donors (Lipinski definition) is 1. The lowest BCUT2D eigenvalue weighted by atomic mass is 9.87. The number of rotatable bonds is 2. The van der Waals surface area contributed by atoms with Gasteiger partial charge in [-0.2, -0.15) is 0 Å². The zero-order valence-electron chi connectivity index (χ0n) is 8.49. The first-order valence-electron chi connectivity index (χ1n) is 5.25. The van der Waals surface area contributed by atoms with Crippen molar-refractivity contribution in [3.05, 3.63) is 0 Å². The van der Waals surface area contributed by atoms with E-state index < -0.39 is 5.54 Å². The van der Waals surface area contributed by atoms with Gasteiger partial charge in [0.1, 0.15) is 5.54 Å². The lowest BCUT2D eigenvalue weighted by Crippen LogP contribution is -2.55. The molecule has 2 rings (SSSR count). The Bertz CT molecular complexity index is 230. The van der Waals surface area contributed by atoms with Gasteiger partial charge in [-0.3, -0.25) is 4.79 Å². The van der Waals surface area contributed by atoms with E-state index in [2.05, 4.69) is 0 Å². The van der Waals surface area contributed by atoms with E-state index in [-0.39, 0.29) is 18.2 Å². The second-order valence-electron chi connectivity index (χ2n) is 4.24. The summed E-state index contributed by atoms with van der Waals surface area (Å²) in [5, 5.41) is 0. The van der Waals surface area contributed by atoms with E-state index in [4.69, 9.17) is 15.2 Å². The minimum Gasteiger partial charge on any atom is -0.465 e. The molecule has 0 unspecified atom stereocenters. The first kappa shape index (κ1) is 9.93. The highest BCUT2D eigenvalue weighted by molar-refractivity contribution is 5.80. The van der Waals surface area contributed by atoms with E-state index >= 15 is 0 Å². The molecule has 0 radical (unpaired) electrons. The van der Waals surface area contributed by atoms with Crippen LogP contribution in [0.3, 0.4) is 0 Å². The molecule has 2 aliphatic heterocycles. The number of fused-ring (bicyclic) bond motifs is 2. The molecule has 0 aromatic heterocycles. The van der Waals surface area contributed by atoms with Gasteiger partial charge >= 0.3 is 5.97 Å². The van der Waals surface area contributed by atoms with Crippen molar-refractivity contribution in [2.75, 3.05) is 6.61 Å². The number of nitrogens with two attached hydrogens (primary N) is 1. The molecule has 0 spiro atoms. The molecule has 4 nitrogen and oxygen atoms in total. The highest BCUT2D eigenvalue weighted by Crippen LogP contribution is 2.37. The molecule has 14 heavy (non-hydrogen) atoms. The zero-order valence-corrected chi connectivity index (χ0v) is 8.49. The molecular weight excluding hydrogens is 182 g/mol. The van der Waals surface area contributed by atoms with Crippen molar-refractivity contribution in [2.45, 2.75) is 50.4 Å². The van der Waals surface area contributed by atoms with Crippen molar-refractivity contribution in [1.82, 2.24) is 0 Å². The van der Waals surface area contributed by atoms with Gasteiger partial charge < -0.3 is 15.2 Å². The normalized spacial score (nSPS) is 41.0. The number of hydrogen-bond acceptors (Lipinski definition) is 4. The quantitative estimate of drug-likeness (QED) is 0.661. The summed E-state index contributed by atoms with van der Waals surface area (Å²) < 4.78 is 10.6. The average molecular weight is 199 g/mol. The largest absolute Gasteiger partial charge is 0.465 e. The second kappa shape index (κ2) is 3.51. The Labute approximate surface area is 83.7 Å². The molecule has 2 aliphatic rings. The van der Waals surface area contributed by atoms with Crippen LogP contribution < -0.4 is 5.73 Å². The molecule has 0 aromatic carbocycles. The highest BCUT2D eigenvalue weighted by Gasteiger charge is 2.47. The number of carbonyl (C=O) groups is 1. The molecular formula is C10H17NO3. The van der Waals surface area contributed by atoms with E-state index in [0.29, 0.717) is 19.4 Å². The molecule has 0 amide bonds. The zero-order chi connectivity index (χ0) is 10.2. The number of carbonyl (C=O) groups excluding carboxylic acids is 1. The monoisotopic (exact) mass is 199 g/mol. The van der Waals surface area contributed by atoms with Crippen LogP contribution in [0, 0.1) is 0 Å². The van der Waals surface area contributed by atoms with E-state index in [1.807, 2.05) is 0 Å². The second-order valence-corrected chi connectivity index (χ2v) is 4.24. The van der Waals surface area contributed by atoms with Gasteiger partial charge in [0, 0.05) is 12.8 Å². The Morgan fingerprint density at radius 3 is 2.57 bits per heavy atom. The first-order chi connectivity index (χ1) is 6.64. The van der Waals surface area contributed by atoms with Crippen molar-refractivity contribution >= 4 is 5.97 Å². The van der Waals surface area contributed by atoms with Crippen molar-refractivity contribution in [3.8, 4) is 0 Å². The Kier molecular flexibility index (Phi) is 2.49. The fourth-order valence-corrected chi connectivity index (χ4v) is 2.42. The Morgan fingerprint density at radius 2 is 2.07 bits per heavy atom. The van der Waals surface area contributed by atoms with Gasteiger partial charge in [-0.1, -0.05) is 0 Å². The van der Waals surface area contributed by atoms with Crippen LogP contribution in [0.5, 0.6) is 0 Å². The average Bonchev–Trinajstić information content (AvgIpc) is 2.46. The van der Waals surface area contributed by atoms with Crippen molar-refractivity contribution < 1.29 is 14.3 Å². The predicted molar refractivity (Wildman–Crippen MR) is 50.7 cm³/mol. The van der Waals surface area contributed by atoms with Crippen molar-refractivity contribution in [3.63, 3.8) is 0 Å². The van der Waals surface area contributed by atoms with Crippen LogP contribution in [-0.2, 0) is 14.3 Å². The lowest BCUT2D eigenvalue weighted by Gasteiger charge is -2.35. The van der Waals surface area contributed by atoms with Crippen LogP contribution in [0.1, 0.15) is 32.6 Å². The molecule has 0 saturated carbocycles. The summed E-state index contributed by atoms with van der Waals surface area (Å²) in [6.07, 6.45) is 3.63. The topological polar surface area (TPSA) is 61.5 Å². The fraction of sp³-hybridized carbons (Fsp3) is 0.900. The van der Waals surface area contributed by atoms with Crippen LogP contribution in [0.15, 0.2) is 0 Å². The summed E-state index contributed by atoms with van der Waals surface area (Å²) in [5.41, 5.74) is 5.26. The van der Waals surface area contributed by atoms with Gasteiger partial charge in [0.05, 0.1) is 18.8 Å². The SMILES string of the molecule is CCOC(=O)C1(N)C[C@H]2CC[C@H](C1)O2. The third-order valence-electron chi connectivity index (χ3n) is 3.06. The molecule has 4 heteroatoms. The highest BCUT2D eigenvalue weighted by atomic mass is 16.5. The minimum atomic E-state index is -0.792. The van der Waals surface area contributed by atoms with Crippen LogP contribution >= 0.6 is 0 Å². The Balaban J connectivity index is 2.05. The Hall–Kier alpha value is -0.610. The van der Waals surface area contributed by atoms with E-state index in [9.17, 15) is 4.79 Å². The maximum Gasteiger partial charge on any atom is 0.326 e. The molecule has 2 fully saturated rings. The fourth-order valence-electron chi connectivity index (χ4n) is 2.42. The van der Waals surface area contributed by atoms with E-state index in [1.54, 1.807) is 6.92 Å². The minimum absolute atomic E-state index is 0.170. The molecule has 80 valence electrons. The van der Waals surface area contributed by atoms with Gasteiger partial charge in [0.2, 0.25) is 0 Å². The predicted octanol–water partition coefficient (Wildman–Crippen LogP) is 0.588. The molecule has 0 aromatic rings. The standard InChI is InChI=1S/C10H17NO3/c1-2-13-9(12)10(11)5-7-3-4-8(6-10)14-7/h7-8H,2-6,11H2,1H3/t7-,8-/m1/s1. The summed E-state index contributed by atoms with van der Waals surface area (Å²) in [7, 11) is 0. The van der Waals surface area contributed by atoms with Crippen LogP contribution in [0.2, 0.25) is 0 Å². The summed E-state index contributed by atoms with van der Waals surface area (Å²) in [6.45, 7) is 2.20. The van der Waals surface area contributed by atoms with Gasteiger partial charge in [0.15, 0.2) is 0 Å². The van der Waals surface area contributed by atoms with E-state index in [0.717, 1.165) is 12.8 Å². The third kappa shape index (κ3) is 1.64. The molecule has 2 bridgehead atoms. The first-order valence-corrected chi connectivity index (χ1v) is 5.25.